The van der Waals surface area contributed by atoms with Gasteiger partial charge in [0.25, 0.3) is 6.71 Å². The van der Waals surface area contributed by atoms with Crippen LogP contribution in [0.5, 0.6) is 0 Å². The van der Waals surface area contributed by atoms with Crippen molar-refractivity contribution < 1.29 is 0 Å². The van der Waals surface area contributed by atoms with Crippen molar-refractivity contribution in [2.24, 2.45) is 0 Å². The van der Waals surface area contributed by atoms with Crippen LogP contribution in [0, 0.1) is 0 Å². The van der Waals surface area contributed by atoms with Gasteiger partial charge in [0.2, 0.25) is 0 Å². The zero-order valence-electron chi connectivity index (χ0n) is 40.3. The number of nitrogens with zero attached hydrogens (tertiary/aromatic N) is 2. The number of rotatable bonds is 3. The van der Waals surface area contributed by atoms with Crippen molar-refractivity contribution in [2.75, 3.05) is 9.80 Å². The van der Waals surface area contributed by atoms with E-state index in [-0.39, 0.29) is 6.71 Å². The van der Waals surface area contributed by atoms with E-state index in [1.807, 2.05) is 0 Å². The first-order chi connectivity index (χ1) is 36.7. The average Bonchev–Trinajstić information content (AvgIpc) is 3.96. The molecule has 0 aromatic heterocycles. The van der Waals surface area contributed by atoms with Crippen LogP contribution in [-0.4, -0.2) is 6.71 Å². The van der Waals surface area contributed by atoms with Gasteiger partial charge in [-0.25, -0.2) is 0 Å². The molecule has 13 aromatic rings. The standard InChI is InChI=1S/C71H43BN2/c1-3-21-54(22-4-1)73-66-40-51-35-46-19-9-7-17-44(46)33-49(51)38-64(66)72-65-39-50-34-45-18-8-10-20-47(45)36-52(50)41-67(65)74(55-23-5-2-6-24-55)69-43-53(42-68(73)70(69)72)48-31-32-63-59(37-48)58-27-13-16-30-62(58)71(63)60-28-14-11-25-56(60)57-26-12-15-29-61(57)71/h1-43H. The maximum Gasteiger partial charge on any atom is 0.252 e. The lowest BCUT2D eigenvalue weighted by atomic mass is 9.33. The summed E-state index contributed by atoms with van der Waals surface area (Å²) in [5.41, 5.74) is 23.6. The summed E-state index contributed by atoms with van der Waals surface area (Å²) in [6.07, 6.45) is 0. The Morgan fingerprint density at radius 2 is 0.635 bits per heavy atom. The van der Waals surface area contributed by atoms with E-state index in [0.717, 1.165) is 11.4 Å². The molecule has 0 radical (unpaired) electrons. The van der Waals surface area contributed by atoms with Crippen LogP contribution in [-0.2, 0) is 5.41 Å². The zero-order chi connectivity index (χ0) is 48.2. The number of hydrogen-bond acceptors (Lipinski definition) is 2. The fraction of sp³-hybridized carbons (Fsp3) is 0.0141. The second-order valence-corrected chi connectivity index (χ2v) is 20.8. The number of hydrogen-bond donors (Lipinski definition) is 0. The molecule has 0 amide bonds. The van der Waals surface area contributed by atoms with Crippen LogP contribution in [0.2, 0.25) is 0 Å². The summed E-state index contributed by atoms with van der Waals surface area (Å²) < 4.78 is 0. The van der Waals surface area contributed by atoms with Gasteiger partial charge in [-0.1, -0.05) is 182 Å². The van der Waals surface area contributed by atoms with Gasteiger partial charge in [0.1, 0.15) is 0 Å². The van der Waals surface area contributed by atoms with Gasteiger partial charge in [0, 0.05) is 34.1 Å². The molecule has 74 heavy (non-hydrogen) atoms. The second-order valence-electron chi connectivity index (χ2n) is 20.8. The van der Waals surface area contributed by atoms with E-state index in [4.69, 9.17) is 0 Å². The molecule has 340 valence electrons. The third kappa shape index (κ3) is 5.35. The highest BCUT2D eigenvalue weighted by Gasteiger charge is 2.52. The molecule has 1 spiro atoms. The summed E-state index contributed by atoms with van der Waals surface area (Å²) in [4.78, 5) is 5.13. The van der Waals surface area contributed by atoms with Crippen molar-refractivity contribution in [1.82, 2.24) is 0 Å². The summed E-state index contributed by atoms with van der Waals surface area (Å²) in [5, 5.41) is 9.96. The van der Waals surface area contributed by atoms with E-state index in [2.05, 4.69) is 271 Å². The van der Waals surface area contributed by atoms with Crippen molar-refractivity contribution >= 4 is 100 Å². The molecule has 0 N–H and O–H groups in total. The largest absolute Gasteiger partial charge is 0.311 e. The maximum absolute atomic E-state index is 2.57. The van der Waals surface area contributed by atoms with Gasteiger partial charge in [0.05, 0.1) is 5.41 Å². The number of fused-ring (bicyclic) bond motifs is 18. The lowest BCUT2D eigenvalue weighted by molar-refractivity contribution is 0.794. The smallest absolute Gasteiger partial charge is 0.252 e. The first-order valence-electron chi connectivity index (χ1n) is 25.9. The summed E-state index contributed by atoms with van der Waals surface area (Å²) in [6, 6.07) is 98.9. The van der Waals surface area contributed by atoms with Gasteiger partial charge in [-0.2, -0.15) is 0 Å². The molecule has 17 rings (SSSR count). The van der Waals surface area contributed by atoms with E-state index < -0.39 is 5.41 Å². The predicted octanol–water partition coefficient (Wildman–Crippen LogP) is 16.4. The summed E-state index contributed by atoms with van der Waals surface area (Å²) in [6.45, 7) is -0.0556. The van der Waals surface area contributed by atoms with E-state index in [0.29, 0.717) is 0 Å². The topological polar surface area (TPSA) is 6.48 Å². The fourth-order valence-electron chi connectivity index (χ4n) is 14.0. The zero-order valence-corrected chi connectivity index (χ0v) is 40.3. The van der Waals surface area contributed by atoms with Crippen LogP contribution >= 0.6 is 0 Å². The highest BCUT2D eigenvalue weighted by molar-refractivity contribution is 7.00. The van der Waals surface area contributed by atoms with E-state index >= 15 is 0 Å². The molecular weight excluding hydrogens is 892 g/mol. The second kappa shape index (κ2) is 14.8. The molecule has 0 saturated heterocycles. The normalized spacial score (nSPS) is 14.0. The first-order valence-corrected chi connectivity index (χ1v) is 25.9. The van der Waals surface area contributed by atoms with Crippen molar-refractivity contribution in [3.63, 3.8) is 0 Å². The minimum absolute atomic E-state index is 0.0556. The van der Waals surface area contributed by atoms with Gasteiger partial charge in [-0.05, 0) is 194 Å². The van der Waals surface area contributed by atoms with Gasteiger partial charge in [-0.3, -0.25) is 0 Å². The van der Waals surface area contributed by atoms with Crippen molar-refractivity contribution in [3.8, 4) is 33.4 Å². The molecule has 13 aromatic carbocycles. The quantitative estimate of drug-likeness (QED) is 0.129. The summed E-state index contributed by atoms with van der Waals surface area (Å²) >= 11 is 0. The van der Waals surface area contributed by atoms with Crippen molar-refractivity contribution in [2.45, 2.75) is 5.41 Å². The molecular formula is C71H43BN2. The average molecular weight is 935 g/mol. The molecule has 0 unspecified atom stereocenters. The third-order valence-corrected chi connectivity index (χ3v) is 17.1. The minimum atomic E-state index is -0.406. The predicted molar refractivity (Wildman–Crippen MR) is 312 cm³/mol. The Bertz CT molecular complexity index is 4340. The Balaban J connectivity index is 0.975. The molecule has 2 heterocycles. The van der Waals surface area contributed by atoms with Crippen LogP contribution in [0.4, 0.5) is 34.1 Å². The van der Waals surface area contributed by atoms with Gasteiger partial charge >= 0.3 is 0 Å². The van der Waals surface area contributed by atoms with Crippen LogP contribution in [0.3, 0.4) is 0 Å². The Kier molecular flexibility index (Phi) is 8.05. The summed E-state index contributed by atoms with van der Waals surface area (Å²) in [7, 11) is 0. The van der Waals surface area contributed by atoms with E-state index in [9.17, 15) is 0 Å². The highest BCUT2D eigenvalue weighted by Crippen LogP contribution is 2.63. The first kappa shape index (κ1) is 40.2. The maximum atomic E-state index is 2.57. The van der Waals surface area contributed by atoms with E-state index in [1.165, 1.54) is 138 Å². The van der Waals surface area contributed by atoms with Crippen LogP contribution < -0.4 is 26.2 Å². The molecule has 3 heteroatoms. The van der Waals surface area contributed by atoms with Crippen molar-refractivity contribution in [1.29, 1.82) is 0 Å². The molecule has 2 nitrogen and oxygen atoms in total. The van der Waals surface area contributed by atoms with Crippen LogP contribution in [0.25, 0.3) is 76.5 Å². The monoisotopic (exact) mass is 934 g/mol. The van der Waals surface area contributed by atoms with Gasteiger partial charge < -0.3 is 9.80 Å². The van der Waals surface area contributed by atoms with Crippen LogP contribution in [0.1, 0.15) is 22.3 Å². The summed E-state index contributed by atoms with van der Waals surface area (Å²) in [5.74, 6) is 0. The molecule has 0 saturated carbocycles. The fourth-order valence-corrected chi connectivity index (χ4v) is 14.0. The molecule has 0 bridgehead atoms. The highest BCUT2D eigenvalue weighted by atomic mass is 15.2. The molecule has 2 aliphatic carbocycles. The van der Waals surface area contributed by atoms with Gasteiger partial charge in [-0.15, -0.1) is 0 Å². The minimum Gasteiger partial charge on any atom is -0.311 e. The molecule has 4 aliphatic rings. The number of anilines is 6. The number of benzene rings is 13. The molecule has 0 fully saturated rings. The SMILES string of the molecule is c1ccc(N2c3cc4cc5ccccc5cc4cc3B3c4cc5cc6ccccc6cc5cc4N(c4ccccc4)c4cc(-c5ccc6c(c5)-c5ccccc5C65c6ccccc6-c6ccccc65)cc2c43)cc1. The lowest BCUT2D eigenvalue weighted by Gasteiger charge is -2.44. The molecule has 2 aliphatic heterocycles. The van der Waals surface area contributed by atoms with Crippen molar-refractivity contribution in [3.05, 3.63) is 283 Å². The molecule has 0 atom stereocenters. The Hall–Kier alpha value is -9.44. The van der Waals surface area contributed by atoms with E-state index in [1.54, 1.807) is 0 Å². The Labute approximate surface area is 429 Å². The number of para-hydroxylation sites is 2. The third-order valence-electron chi connectivity index (χ3n) is 17.1. The Morgan fingerprint density at radius 1 is 0.257 bits per heavy atom. The Morgan fingerprint density at radius 3 is 1.09 bits per heavy atom. The van der Waals surface area contributed by atoms with Gasteiger partial charge in [0.15, 0.2) is 0 Å². The lowest BCUT2D eigenvalue weighted by Crippen LogP contribution is -2.61. The van der Waals surface area contributed by atoms with Crippen LogP contribution in [0.15, 0.2) is 261 Å².